The molecule has 3 N–H and O–H groups in total. The van der Waals surface area contributed by atoms with E-state index in [1.807, 2.05) is 12.1 Å². The number of rotatable bonds is 5. The number of anilines is 2. The topological polar surface area (TPSA) is 77.2 Å². The van der Waals surface area contributed by atoms with Crippen LogP contribution in [0.15, 0.2) is 36.5 Å². The summed E-state index contributed by atoms with van der Waals surface area (Å²) in [6.45, 7) is 2.58. The van der Waals surface area contributed by atoms with Crippen LogP contribution >= 0.6 is 0 Å². The van der Waals surface area contributed by atoms with Crippen LogP contribution in [0.1, 0.15) is 28.5 Å². The summed E-state index contributed by atoms with van der Waals surface area (Å²) < 4.78 is 4.78. The molecule has 0 amide bonds. The Morgan fingerprint density at radius 2 is 2.14 bits per heavy atom. The molecule has 2 aromatic rings. The Bertz CT molecular complexity index is 641. The Labute approximate surface area is 124 Å². The average Bonchev–Trinajstić information content (AvgIpc) is 2.53. The van der Waals surface area contributed by atoms with E-state index in [2.05, 4.69) is 17.2 Å². The van der Waals surface area contributed by atoms with Gasteiger partial charge in [-0.25, -0.2) is 4.79 Å². The van der Waals surface area contributed by atoms with Crippen LogP contribution in [0.3, 0.4) is 0 Å². The number of benzene rings is 1. The molecule has 1 heterocycles. The highest BCUT2D eigenvalue weighted by molar-refractivity contribution is 5.98. The van der Waals surface area contributed by atoms with Crippen molar-refractivity contribution in [3.8, 4) is 0 Å². The first-order valence-electron chi connectivity index (χ1n) is 6.80. The van der Waals surface area contributed by atoms with E-state index in [-0.39, 0.29) is 0 Å². The number of hydrogen-bond donors (Lipinski definition) is 2. The number of carbonyl (C=O) groups excluding carboxylic acids is 1. The number of aryl methyl sites for hydroxylation is 1. The maximum absolute atomic E-state index is 11.8. The maximum Gasteiger partial charge on any atom is 0.340 e. The fourth-order valence-electron chi connectivity index (χ4n) is 2.17. The number of hydrogen-bond acceptors (Lipinski definition) is 5. The summed E-state index contributed by atoms with van der Waals surface area (Å²) in [6.07, 6.45) is 2.66. The minimum atomic E-state index is -0.415. The summed E-state index contributed by atoms with van der Waals surface area (Å²) >= 11 is 0. The minimum Gasteiger partial charge on any atom is -0.465 e. The van der Waals surface area contributed by atoms with Crippen molar-refractivity contribution in [3.05, 3.63) is 53.3 Å². The van der Waals surface area contributed by atoms with Crippen molar-refractivity contribution in [3.63, 3.8) is 0 Å². The van der Waals surface area contributed by atoms with E-state index in [0.29, 0.717) is 23.5 Å². The molecule has 0 saturated heterocycles. The molecule has 5 nitrogen and oxygen atoms in total. The maximum atomic E-state index is 11.8. The highest BCUT2D eigenvalue weighted by atomic mass is 16.5. The van der Waals surface area contributed by atoms with E-state index in [1.165, 1.54) is 12.7 Å². The number of nitrogens with one attached hydrogen (secondary N) is 1. The van der Waals surface area contributed by atoms with Gasteiger partial charge in [-0.3, -0.25) is 4.98 Å². The van der Waals surface area contributed by atoms with Gasteiger partial charge in [0, 0.05) is 6.20 Å². The lowest BCUT2D eigenvalue weighted by Gasteiger charge is -2.14. The summed E-state index contributed by atoms with van der Waals surface area (Å²) in [4.78, 5) is 16.2. The van der Waals surface area contributed by atoms with Crippen molar-refractivity contribution in [1.29, 1.82) is 0 Å². The number of ether oxygens (including phenoxy) is 1. The van der Waals surface area contributed by atoms with E-state index in [1.54, 1.807) is 24.4 Å². The third-order valence-electron chi connectivity index (χ3n) is 3.30. The third-order valence-corrected chi connectivity index (χ3v) is 3.30. The molecule has 1 aromatic carbocycles. The lowest BCUT2D eigenvalue weighted by atomic mass is 10.1. The number of carbonyl (C=O) groups is 1. The Balaban J connectivity index is 2.26. The van der Waals surface area contributed by atoms with E-state index in [9.17, 15) is 4.79 Å². The summed E-state index contributed by atoms with van der Waals surface area (Å²) in [5, 5.41) is 3.20. The second-order valence-corrected chi connectivity index (χ2v) is 4.58. The molecule has 0 aliphatic rings. The molecule has 0 fully saturated rings. The normalized spacial score (nSPS) is 10.2. The largest absolute Gasteiger partial charge is 0.465 e. The first-order chi connectivity index (χ1) is 10.2. The van der Waals surface area contributed by atoms with Gasteiger partial charge in [-0.15, -0.1) is 0 Å². The van der Waals surface area contributed by atoms with Crippen LogP contribution in [0.2, 0.25) is 0 Å². The Kier molecular flexibility index (Phi) is 4.77. The average molecular weight is 285 g/mol. The van der Waals surface area contributed by atoms with Crippen LogP contribution in [0.5, 0.6) is 0 Å². The molecule has 1 aromatic heterocycles. The van der Waals surface area contributed by atoms with E-state index in [4.69, 9.17) is 10.5 Å². The first kappa shape index (κ1) is 14.8. The zero-order valence-corrected chi connectivity index (χ0v) is 12.2. The van der Waals surface area contributed by atoms with Gasteiger partial charge in [0.15, 0.2) is 0 Å². The molecule has 110 valence electrons. The molecule has 2 rings (SSSR count). The number of para-hydroxylation sites is 1. The minimum absolute atomic E-state index is 0.415. The molecule has 0 aliphatic carbocycles. The zero-order chi connectivity index (χ0) is 15.2. The van der Waals surface area contributed by atoms with Crippen LogP contribution in [-0.2, 0) is 17.7 Å². The first-order valence-corrected chi connectivity index (χ1v) is 6.80. The lowest BCUT2D eigenvalue weighted by molar-refractivity contribution is 0.0602. The van der Waals surface area contributed by atoms with E-state index < -0.39 is 5.97 Å². The van der Waals surface area contributed by atoms with Crippen LogP contribution in [0.4, 0.5) is 11.4 Å². The van der Waals surface area contributed by atoms with Gasteiger partial charge >= 0.3 is 5.97 Å². The lowest BCUT2D eigenvalue weighted by Crippen LogP contribution is -2.12. The van der Waals surface area contributed by atoms with Gasteiger partial charge in [-0.2, -0.15) is 0 Å². The summed E-state index contributed by atoms with van der Waals surface area (Å²) in [5.41, 5.74) is 9.58. The van der Waals surface area contributed by atoms with Crippen molar-refractivity contribution >= 4 is 17.3 Å². The van der Waals surface area contributed by atoms with Gasteiger partial charge in [0.25, 0.3) is 0 Å². The van der Waals surface area contributed by atoms with Crippen LogP contribution < -0.4 is 11.1 Å². The molecule has 5 heteroatoms. The Morgan fingerprint density at radius 1 is 1.33 bits per heavy atom. The van der Waals surface area contributed by atoms with Crippen molar-refractivity contribution in [2.45, 2.75) is 19.9 Å². The standard InChI is InChI=1S/C16H19N3O2/c1-3-11-6-5-9-18-14(11)10-19-15-12(16(20)21-2)7-4-8-13(15)17/h4-9,19H,3,10,17H2,1-2H3. The van der Waals surface area contributed by atoms with Gasteiger partial charge in [0.1, 0.15) is 0 Å². The molecule has 0 atom stereocenters. The molecule has 0 bridgehead atoms. The predicted octanol–water partition coefficient (Wildman–Crippen LogP) is 2.62. The molecular weight excluding hydrogens is 266 g/mol. The van der Waals surface area contributed by atoms with Gasteiger partial charge in [-0.05, 0) is 30.2 Å². The second-order valence-electron chi connectivity index (χ2n) is 4.58. The van der Waals surface area contributed by atoms with Crippen LogP contribution in [-0.4, -0.2) is 18.1 Å². The van der Waals surface area contributed by atoms with Gasteiger partial charge in [0.2, 0.25) is 0 Å². The third kappa shape index (κ3) is 3.31. The smallest absolute Gasteiger partial charge is 0.340 e. The van der Waals surface area contributed by atoms with Crippen LogP contribution in [0, 0.1) is 0 Å². The van der Waals surface area contributed by atoms with E-state index in [0.717, 1.165) is 12.1 Å². The summed E-state index contributed by atoms with van der Waals surface area (Å²) in [6, 6.07) is 9.11. The predicted molar refractivity (Wildman–Crippen MR) is 83.1 cm³/mol. The fourth-order valence-corrected chi connectivity index (χ4v) is 2.17. The number of esters is 1. The highest BCUT2D eigenvalue weighted by Crippen LogP contribution is 2.25. The highest BCUT2D eigenvalue weighted by Gasteiger charge is 2.14. The molecule has 0 saturated carbocycles. The quantitative estimate of drug-likeness (QED) is 0.652. The second kappa shape index (κ2) is 6.74. The van der Waals surface area contributed by atoms with Crippen molar-refractivity contribution in [1.82, 2.24) is 4.98 Å². The number of nitrogens with two attached hydrogens (primary N) is 1. The Hall–Kier alpha value is -2.56. The zero-order valence-electron chi connectivity index (χ0n) is 12.2. The molecule has 0 radical (unpaired) electrons. The van der Waals surface area contributed by atoms with Crippen molar-refractivity contribution in [2.75, 3.05) is 18.2 Å². The number of nitrogens with zero attached hydrogens (tertiary/aromatic N) is 1. The number of methoxy groups -OCH3 is 1. The number of pyridine rings is 1. The Morgan fingerprint density at radius 3 is 2.86 bits per heavy atom. The van der Waals surface area contributed by atoms with Gasteiger partial charge in [-0.1, -0.05) is 19.1 Å². The van der Waals surface area contributed by atoms with Crippen molar-refractivity contribution < 1.29 is 9.53 Å². The van der Waals surface area contributed by atoms with E-state index >= 15 is 0 Å². The number of aromatic nitrogens is 1. The fraction of sp³-hybridized carbons (Fsp3) is 0.250. The molecule has 0 aliphatic heterocycles. The van der Waals surface area contributed by atoms with Gasteiger partial charge < -0.3 is 15.8 Å². The van der Waals surface area contributed by atoms with Crippen LogP contribution in [0.25, 0.3) is 0 Å². The molecule has 0 unspecified atom stereocenters. The summed E-state index contributed by atoms with van der Waals surface area (Å²) in [5.74, 6) is -0.415. The van der Waals surface area contributed by atoms with Crippen molar-refractivity contribution in [2.24, 2.45) is 0 Å². The molecule has 21 heavy (non-hydrogen) atoms. The molecular formula is C16H19N3O2. The summed E-state index contributed by atoms with van der Waals surface area (Å²) in [7, 11) is 1.35. The SMILES string of the molecule is CCc1cccnc1CNc1c(N)cccc1C(=O)OC. The monoisotopic (exact) mass is 285 g/mol. The number of nitrogen functional groups attached to an aromatic ring is 1. The molecule has 0 spiro atoms. The van der Waals surface area contributed by atoms with Gasteiger partial charge in [0.05, 0.1) is 36.3 Å².